The fraction of sp³-hybridized carbons (Fsp3) is 0.646. The first-order valence-corrected chi connectivity index (χ1v) is 23.5. The van der Waals surface area contributed by atoms with Gasteiger partial charge in [0.25, 0.3) is 0 Å². The maximum atomic E-state index is 13.9. The molecule has 6 heterocycles. The van der Waals surface area contributed by atoms with Crippen LogP contribution in [0.1, 0.15) is 93.9 Å². The van der Waals surface area contributed by atoms with Gasteiger partial charge in [-0.25, -0.2) is 37.7 Å². The van der Waals surface area contributed by atoms with Crippen molar-refractivity contribution in [1.29, 1.82) is 0 Å². The number of nitrogens with one attached hydrogen (secondary N) is 2. The number of rotatable bonds is 5. The third kappa shape index (κ3) is 25.5. The summed E-state index contributed by atoms with van der Waals surface area (Å²) >= 11 is 5.08. The van der Waals surface area contributed by atoms with Crippen molar-refractivity contribution in [2.24, 2.45) is 0 Å². The second-order valence-corrected chi connectivity index (χ2v) is 18.4. The fourth-order valence-electron chi connectivity index (χ4n) is 6.36. The van der Waals surface area contributed by atoms with Gasteiger partial charge in [0.2, 0.25) is 0 Å². The summed E-state index contributed by atoms with van der Waals surface area (Å²) in [6, 6.07) is 1.22. The molecule has 0 saturated carbocycles. The lowest BCUT2D eigenvalue weighted by atomic mass is 10.2. The summed E-state index contributed by atoms with van der Waals surface area (Å²) in [5.41, 5.74) is -4.34. The van der Waals surface area contributed by atoms with E-state index in [9.17, 15) is 62.3 Å². The van der Waals surface area contributed by atoms with Gasteiger partial charge >= 0.3 is 30.7 Å². The molecule has 0 spiro atoms. The van der Waals surface area contributed by atoms with Crippen molar-refractivity contribution in [3.63, 3.8) is 0 Å². The van der Waals surface area contributed by atoms with Gasteiger partial charge in [0, 0.05) is 97.1 Å². The van der Waals surface area contributed by atoms with Crippen molar-refractivity contribution >= 4 is 35.4 Å². The molecule has 14 nitrogen and oxygen atoms in total. The van der Waals surface area contributed by atoms with Crippen LogP contribution in [0.25, 0.3) is 0 Å². The van der Waals surface area contributed by atoms with E-state index in [0.717, 1.165) is 26.2 Å². The maximum absolute atomic E-state index is 13.9. The molecule has 75 heavy (non-hydrogen) atoms. The molecule has 2 N–H and O–H groups in total. The van der Waals surface area contributed by atoms with Crippen LogP contribution < -0.4 is 20.4 Å². The second kappa shape index (κ2) is 31.2. The van der Waals surface area contributed by atoms with Crippen LogP contribution >= 0.6 is 11.6 Å². The standard InChI is InChI=1S/C15H19F4N3O2.C10H11F4N3.C9H18N2O2.C6H2ClF4N.C6H15N.2CH4/c1-14(2,3)24-13(23)22-6-4-21(5-7-22)12-11(16)8-10(9-20-12)15(17,18)19;11-8-5-7(10(12,13)14)6-16-9(8)17-3-1-15-2-4-17;1-9(2,3)13-8(12)11-6-4-10-5-7-11;7-5-4(8)1-3(2-12-5)6(9,10)11;1-4-7(5-2)6-3;;/h8-9H,4-7H2,1-3H3;5-6,15H,1-4H2;10H,4-7H2,1-3H3;1-2H;4-6H2,1-3H3;2*1H4. The lowest BCUT2D eigenvalue weighted by molar-refractivity contribution is -0.138. The van der Waals surface area contributed by atoms with E-state index in [1.165, 1.54) is 29.4 Å². The van der Waals surface area contributed by atoms with Crippen molar-refractivity contribution in [2.75, 3.05) is 108 Å². The number of hydrogen-bond donors (Lipinski definition) is 2. The molecule has 0 radical (unpaired) electrons. The molecule has 0 aromatic carbocycles. The number of ether oxygens (including phenoxy) is 2. The quantitative estimate of drug-likeness (QED) is 0.186. The molecule has 3 aliphatic rings. The van der Waals surface area contributed by atoms with Crippen LogP contribution in [-0.2, 0) is 28.0 Å². The molecule has 3 fully saturated rings. The minimum absolute atomic E-state index is 0. The number of piperazine rings is 3. The highest BCUT2D eigenvalue weighted by molar-refractivity contribution is 6.29. The first-order valence-electron chi connectivity index (χ1n) is 23.1. The Bertz CT molecular complexity index is 2150. The highest BCUT2D eigenvalue weighted by Crippen LogP contribution is 2.33. The molecule has 0 aliphatic carbocycles. The number of carbonyl (C=O) groups excluding carboxylic acids is 2. The summed E-state index contributed by atoms with van der Waals surface area (Å²) < 4.78 is 160. The molecule has 3 saturated heterocycles. The summed E-state index contributed by atoms with van der Waals surface area (Å²) in [5.74, 6) is -3.30. The van der Waals surface area contributed by atoms with Gasteiger partial charge in [0.05, 0.1) is 16.7 Å². The molecule has 2 amide bonds. The molecule has 0 atom stereocenters. The lowest BCUT2D eigenvalue weighted by Gasteiger charge is -2.36. The molecule has 6 rings (SSSR count). The number of amides is 2. The molecule has 3 aliphatic heterocycles. The van der Waals surface area contributed by atoms with Crippen molar-refractivity contribution in [1.82, 2.24) is 40.3 Å². The summed E-state index contributed by atoms with van der Waals surface area (Å²) in [6.45, 7) is 27.7. The average molecular weight is 1120 g/mol. The molecule has 430 valence electrons. The van der Waals surface area contributed by atoms with Gasteiger partial charge in [-0.1, -0.05) is 47.2 Å². The monoisotopic (exact) mass is 1120 g/mol. The van der Waals surface area contributed by atoms with Crippen LogP contribution in [-0.4, -0.2) is 151 Å². The Labute approximate surface area is 437 Å². The summed E-state index contributed by atoms with van der Waals surface area (Å²) in [5, 5.41) is 5.68. The summed E-state index contributed by atoms with van der Waals surface area (Å²) in [7, 11) is 0. The van der Waals surface area contributed by atoms with Crippen LogP contribution in [0.5, 0.6) is 0 Å². The van der Waals surface area contributed by atoms with E-state index in [4.69, 9.17) is 21.1 Å². The van der Waals surface area contributed by atoms with Crippen LogP contribution in [0.2, 0.25) is 5.15 Å². The SMILES string of the molecule is C.C.CC(C)(C)OC(=O)N1CCN(c2ncc(C(F)(F)F)cc2F)CC1.CC(C)(C)OC(=O)N1CCNCC1.CCN(CC)CC.Fc1cc(C(F)(F)F)cnc1Cl.Fc1cc(C(F)(F)F)cnc1N1CCNCC1. The van der Waals surface area contributed by atoms with E-state index in [2.05, 4.69) is 51.3 Å². The number of aromatic nitrogens is 3. The Hall–Kier alpha value is -5.08. The third-order valence-corrected chi connectivity index (χ3v) is 10.5. The van der Waals surface area contributed by atoms with Crippen LogP contribution in [0.4, 0.5) is 73.9 Å². The molecule has 0 unspecified atom stereocenters. The van der Waals surface area contributed by atoms with E-state index < -0.39 is 69.5 Å². The van der Waals surface area contributed by atoms with E-state index in [-0.39, 0.29) is 64.4 Å². The predicted molar refractivity (Wildman–Crippen MR) is 265 cm³/mol. The van der Waals surface area contributed by atoms with Crippen molar-refractivity contribution in [3.8, 4) is 0 Å². The maximum Gasteiger partial charge on any atom is 0.417 e. The Kier molecular flexibility index (Phi) is 29.1. The largest absolute Gasteiger partial charge is 0.444 e. The number of pyridine rings is 3. The summed E-state index contributed by atoms with van der Waals surface area (Å²) in [6.07, 6.45) is -12.7. The molecule has 3 aromatic rings. The summed E-state index contributed by atoms with van der Waals surface area (Å²) in [4.78, 5) is 42.3. The number of nitrogens with zero attached hydrogens (tertiary/aromatic N) is 8. The molecule has 27 heteroatoms. The average Bonchev–Trinajstić information content (AvgIpc) is 3.30. The zero-order valence-corrected chi connectivity index (χ0v) is 43.0. The molecular formula is C48H73ClF12N10O4. The van der Waals surface area contributed by atoms with E-state index >= 15 is 0 Å². The predicted octanol–water partition coefficient (Wildman–Crippen LogP) is 11.3. The van der Waals surface area contributed by atoms with Gasteiger partial charge < -0.3 is 44.6 Å². The van der Waals surface area contributed by atoms with Crippen LogP contribution in [0.3, 0.4) is 0 Å². The van der Waals surface area contributed by atoms with Crippen molar-refractivity contribution in [3.05, 3.63) is 76.1 Å². The lowest BCUT2D eigenvalue weighted by Crippen LogP contribution is -2.50. The molecule has 0 bridgehead atoms. The Morgan fingerprint density at radius 1 is 0.533 bits per heavy atom. The number of hydrogen-bond acceptors (Lipinski definition) is 12. The van der Waals surface area contributed by atoms with Crippen molar-refractivity contribution in [2.45, 2.75) is 107 Å². The fourth-order valence-corrected chi connectivity index (χ4v) is 6.47. The topological polar surface area (TPSA) is 132 Å². The van der Waals surface area contributed by atoms with Crippen LogP contribution in [0, 0.1) is 17.5 Å². The number of carbonyl (C=O) groups is 2. The van der Waals surface area contributed by atoms with E-state index in [1.807, 2.05) is 20.8 Å². The second-order valence-electron chi connectivity index (χ2n) is 18.1. The minimum Gasteiger partial charge on any atom is -0.444 e. The number of anilines is 2. The third-order valence-electron chi connectivity index (χ3n) is 10.2. The normalized spacial score (nSPS) is 15.2. The Morgan fingerprint density at radius 3 is 1.13 bits per heavy atom. The molecule has 3 aromatic heterocycles. The van der Waals surface area contributed by atoms with Gasteiger partial charge in [-0.2, -0.15) is 39.5 Å². The van der Waals surface area contributed by atoms with E-state index in [0.29, 0.717) is 63.0 Å². The zero-order chi connectivity index (χ0) is 55.5. The first-order chi connectivity index (χ1) is 33.7. The Balaban J connectivity index is 0.000000954. The highest BCUT2D eigenvalue weighted by atomic mass is 35.5. The molecular weight excluding hydrogens is 1040 g/mol. The smallest absolute Gasteiger partial charge is 0.417 e. The van der Waals surface area contributed by atoms with Gasteiger partial charge in [-0.05, 0) is 79.4 Å². The van der Waals surface area contributed by atoms with E-state index in [1.54, 1.807) is 30.6 Å². The Morgan fingerprint density at radius 2 is 0.840 bits per heavy atom. The van der Waals surface area contributed by atoms with Gasteiger partial charge in [-0.3, -0.25) is 0 Å². The number of halogens is 13. The van der Waals surface area contributed by atoms with Crippen molar-refractivity contribution < 1.29 is 71.7 Å². The highest BCUT2D eigenvalue weighted by Gasteiger charge is 2.35. The van der Waals surface area contributed by atoms with Gasteiger partial charge in [0.15, 0.2) is 34.2 Å². The van der Waals surface area contributed by atoms with Gasteiger partial charge in [0.1, 0.15) is 11.2 Å². The number of alkyl halides is 9. The first kappa shape index (κ1) is 69.9. The zero-order valence-electron chi connectivity index (χ0n) is 42.2. The van der Waals surface area contributed by atoms with Crippen LogP contribution in [0.15, 0.2) is 36.8 Å². The van der Waals surface area contributed by atoms with Gasteiger partial charge in [-0.15, -0.1) is 0 Å². The minimum atomic E-state index is -4.64.